The van der Waals surface area contributed by atoms with E-state index >= 15 is 0 Å². The minimum Gasteiger partial charge on any atom is -0.497 e. The predicted molar refractivity (Wildman–Crippen MR) is 119 cm³/mol. The largest absolute Gasteiger partial charge is 0.497 e. The molecule has 1 aromatic carbocycles. The second-order valence-electron chi connectivity index (χ2n) is 9.60. The van der Waals surface area contributed by atoms with E-state index < -0.39 is 0 Å². The number of hydrogen-bond acceptors (Lipinski definition) is 5. The molecule has 3 aromatic rings. The van der Waals surface area contributed by atoms with Gasteiger partial charge in [0.15, 0.2) is 0 Å². The maximum Gasteiger partial charge on any atom is 0.257 e. The topological polar surface area (TPSA) is 90.1 Å². The molecule has 166 valence electrons. The predicted octanol–water partition coefficient (Wildman–Crippen LogP) is 2.20. The monoisotopic (exact) mass is 425 g/mol. The molecule has 0 spiro atoms. The summed E-state index contributed by atoms with van der Waals surface area (Å²) in [5.74, 6) is 1.65. The zero-order valence-electron chi connectivity index (χ0n) is 18.9. The van der Waals surface area contributed by atoms with E-state index in [2.05, 4.69) is 41.3 Å². The average Bonchev–Trinajstić information content (AvgIpc) is 3.23. The van der Waals surface area contributed by atoms with Gasteiger partial charge in [0.1, 0.15) is 18.8 Å². The van der Waals surface area contributed by atoms with Crippen molar-refractivity contribution >= 4 is 10.9 Å². The summed E-state index contributed by atoms with van der Waals surface area (Å²) in [5.41, 5.74) is 1.40. The molecule has 1 saturated carbocycles. The molecule has 0 bridgehead atoms. The molecule has 31 heavy (non-hydrogen) atoms. The van der Waals surface area contributed by atoms with E-state index in [-0.39, 0.29) is 11.1 Å². The molecule has 2 N–H and O–H groups in total. The number of H-pyrrole nitrogens is 1. The number of quaternary nitrogens is 1. The molecular weight excluding hydrogens is 392 g/mol. The normalized spacial score (nSPS) is 16.5. The van der Waals surface area contributed by atoms with Gasteiger partial charge in [-0.05, 0) is 81.1 Å². The van der Waals surface area contributed by atoms with Gasteiger partial charge in [0, 0.05) is 10.9 Å². The Morgan fingerprint density at radius 3 is 2.65 bits per heavy atom. The number of nitrogens with one attached hydrogen (secondary N) is 2. The van der Waals surface area contributed by atoms with Crippen molar-refractivity contribution in [2.24, 2.45) is 0 Å². The zero-order valence-corrected chi connectivity index (χ0v) is 18.9. The van der Waals surface area contributed by atoms with Crippen LogP contribution >= 0.6 is 0 Å². The quantitative estimate of drug-likeness (QED) is 0.632. The number of aromatic nitrogens is 5. The summed E-state index contributed by atoms with van der Waals surface area (Å²) in [6.07, 6.45) is 6.12. The van der Waals surface area contributed by atoms with Crippen molar-refractivity contribution in [3.8, 4) is 5.75 Å². The van der Waals surface area contributed by atoms with E-state index in [1.54, 1.807) is 7.11 Å². The van der Waals surface area contributed by atoms with Crippen LogP contribution in [0.5, 0.6) is 5.75 Å². The van der Waals surface area contributed by atoms with Crippen LogP contribution in [0.2, 0.25) is 0 Å². The van der Waals surface area contributed by atoms with Crippen molar-refractivity contribution in [1.29, 1.82) is 0 Å². The standard InChI is InChI=1S/C23H32N6O2/c1-23(2,3)29-21(25-26-27-29)15-28(18-8-6-5-7-9-18)14-17-12-16-13-19(31-4)10-11-20(16)24-22(17)30/h10-13,18H,5-9,14-15H2,1-4H3,(H,24,30)/p+1. The lowest BCUT2D eigenvalue weighted by atomic mass is 9.93. The summed E-state index contributed by atoms with van der Waals surface area (Å²) in [4.78, 5) is 17.3. The number of pyridine rings is 1. The van der Waals surface area contributed by atoms with E-state index in [1.165, 1.54) is 37.0 Å². The van der Waals surface area contributed by atoms with Gasteiger partial charge in [0.25, 0.3) is 5.56 Å². The minimum atomic E-state index is -0.187. The smallest absolute Gasteiger partial charge is 0.257 e. The molecule has 2 heterocycles. The number of rotatable bonds is 6. The van der Waals surface area contributed by atoms with Gasteiger partial charge in [-0.2, -0.15) is 0 Å². The molecule has 1 aliphatic carbocycles. The molecule has 1 unspecified atom stereocenters. The van der Waals surface area contributed by atoms with Crippen LogP contribution in [0.4, 0.5) is 0 Å². The third kappa shape index (κ3) is 4.79. The Hall–Kier alpha value is -2.74. The molecule has 8 heteroatoms. The van der Waals surface area contributed by atoms with Crippen molar-refractivity contribution in [1.82, 2.24) is 25.2 Å². The summed E-state index contributed by atoms with van der Waals surface area (Å²) in [7, 11) is 1.65. The molecule has 8 nitrogen and oxygen atoms in total. The highest BCUT2D eigenvalue weighted by molar-refractivity contribution is 5.80. The Labute approximate surface area is 182 Å². The summed E-state index contributed by atoms with van der Waals surface area (Å²) < 4.78 is 7.27. The van der Waals surface area contributed by atoms with Crippen molar-refractivity contribution in [3.63, 3.8) is 0 Å². The van der Waals surface area contributed by atoms with E-state index in [0.29, 0.717) is 19.1 Å². The second kappa shape index (κ2) is 8.78. The fraction of sp³-hybridized carbons (Fsp3) is 0.565. The number of hydrogen-bond donors (Lipinski definition) is 2. The molecule has 0 aliphatic heterocycles. The number of ether oxygens (including phenoxy) is 1. The maximum absolute atomic E-state index is 12.9. The van der Waals surface area contributed by atoms with Crippen molar-refractivity contribution in [3.05, 3.63) is 46.0 Å². The van der Waals surface area contributed by atoms with Gasteiger partial charge in [-0.15, -0.1) is 5.10 Å². The van der Waals surface area contributed by atoms with Crippen LogP contribution in [-0.2, 0) is 18.6 Å². The maximum atomic E-state index is 12.9. The van der Waals surface area contributed by atoms with Gasteiger partial charge >= 0.3 is 0 Å². The average molecular weight is 426 g/mol. The highest BCUT2D eigenvalue weighted by atomic mass is 16.5. The molecule has 0 saturated heterocycles. The SMILES string of the molecule is COc1ccc2[nH]c(=O)c(C[NH+](Cc3nnnn3C(C)(C)C)C3CCCCC3)cc2c1. The summed E-state index contributed by atoms with van der Waals surface area (Å²) >= 11 is 0. The van der Waals surface area contributed by atoms with Gasteiger partial charge in [-0.25, -0.2) is 4.68 Å². The first-order valence-corrected chi connectivity index (χ1v) is 11.2. The molecule has 1 aliphatic rings. The Morgan fingerprint density at radius 2 is 1.94 bits per heavy atom. The summed E-state index contributed by atoms with van der Waals surface area (Å²) in [6.45, 7) is 7.66. The third-order valence-corrected chi connectivity index (χ3v) is 6.28. The van der Waals surface area contributed by atoms with E-state index in [9.17, 15) is 4.79 Å². The van der Waals surface area contributed by atoms with Crippen LogP contribution in [0.1, 0.15) is 64.3 Å². The van der Waals surface area contributed by atoms with Crippen LogP contribution in [0, 0.1) is 0 Å². The molecule has 1 fully saturated rings. The van der Waals surface area contributed by atoms with Gasteiger partial charge in [-0.3, -0.25) is 4.79 Å². The van der Waals surface area contributed by atoms with Gasteiger partial charge in [0.2, 0.25) is 5.82 Å². The Kier molecular flexibility index (Phi) is 6.09. The number of nitrogens with zero attached hydrogens (tertiary/aromatic N) is 4. The van der Waals surface area contributed by atoms with Crippen LogP contribution in [0.25, 0.3) is 10.9 Å². The fourth-order valence-electron chi connectivity index (χ4n) is 4.64. The Morgan fingerprint density at radius 1 is 1.16 bits per heavy atom. The molecule has 4 rings (SSSR count). The van der Waals surface area contributed by atoms with Crippen LogP contribution < -0.4 is 15.2 Å². The van der Waals surface area contributed by atoms with Gasteiger partial charge in [-0.1, -0.05) is 6.42 Å². The molecule has 0 radical (unpaired) electrons. The van der Waals surface area contributed by atoms with Gasteiger partial charge < -0.3 is 14.6 Å². The number of tetrazole rings is 1. The number of fused-ring (bicyclic) bond motifs is 1. The van der Waals surface area contributed by atoms with Crippen LogP contribution in [0.3, 0.4) is 0 Å². The van der Waals surface area contributed by atoms with E-state index in [0.717, 1.165) is 28.0 Å². The Balaban J connectivity index is 1.67. The molecular formula is C23H33N6O2+. The molecule has 1 atom stereocenters. The molecule has 2 aromatic heterocycles. The molecule has 0 amide bonds. The minimum absolute atomic E-state index is 0.0265. The van der Waals surface area contributed by atoms with Crippen molar-refractivity contribution in [2.45, 2.75) is 77.5 Å². The van der Waals surface area contributed by atoms with Crippen molar-refractivity contribution < 1.29 is 9.64 Å². The van der Waals surface area contributed by atoms with Gasteiger partial charge in [0.05, 0.1) is 24.3 Å². The zero-order chi connectivity index (χ0) is 22.0. The van der Waals surface area contributed by atoms with E-state index in [4.69, 9.17) is 4.74 Å². The lowest BCUT2D eigenvalue weighted by Crippen LogP contribution is -3.13. The second-order valence-corrected chi connectivity index (χ2v) is 9.60. The highest BCUT2D eigenvalue weighted by Crippen LogP contribution is 2.20. The number of benzene rings is 1. The first-order chi connectivity index (χ1) is 14.8. The summed E-state index contributed by atoms with van der Waals surface area (Å²) in [6, 6.07) is 8.23. The number of methoxy groups -OCH3 is 1. The van der Waals surface area contributed by atoms with Crippen LogP contribution in [0.15, 0.2) is 29.1 Å². The fourth-order valence-corrected chi connectivity index (χ4v) is 4.64. The Bertz CT molecular complexity index is 1090. The lowest BCUT2D eigenvalue weighted by Gasteiger charge is -2.31. The van der Waals surface area contributed by atoms with Crippen molar-refractivity contribution in [2.75, 3.05) is 7.11 Å². The first-order valence-electron chi connectivity index (χ1n) is 11.2. The lowest BCUT2D eigenvalue weighted by molar-refractivity contribution is -0.954. The summed E-state index contributed by atoms with van der Waals surface area (Å²) in [5, 5.41) is 13.5. The highest BCUT2D eigenvalue weighted by Gasteiger charge is 2.29. The van der Waals surface area contributed by atoms with E-state index in [1.807, 2.05) is 28.9 Å². The number of aromatic amines is 1. The van der Waals surface area contributed by atoms with Crippen LogP contribution in [-0.4, -0.2) is 38.3 Å². The first kappa shape index (κ1) is 21.5. The third-order valence-electron chi connectivity index (χ3n) is 6.28.